The van der Waals surface area contributed by atoms with Gasteiger partial charge in [0.1, 0.15) is 0 Å². The number of benzene rings is 2. The van der Waals surface area contributed by atoms with Gasteiger partial charge in [-0.15, -0.1) is 0 Å². The first-order valence-electron chi connectivity index (χ1n) is 8.45. The standard InChI is InChI=1S/C21H27NO/c1-4-5-9-17-12-14-19(15-13-17)22-20(23)21(2,3)16-18-10-7-6-8-11-18/h6-8,10-15H,4-5,9,16H2,1-3H3,(H,22,23). The van der Waals surface area contributed by atoms with Gasteiger partial charge in [-0.05, 0) is 42.5 Å². The predicted molar refractivity (Wildman–Crippen MR) is 97.6 cm³/mol. The van der Waals surface area contributed by atoms with Crippen LogP contribution >= 0.6 is 0 Å². The van der Waals surface area contributed by atoms with Gasteiger partial charge in [0, 0.05) is 11.1 Å². The van der Waals surface area contributed by atoms with E-state index in [1.165, 1.54) is 24.0 Å². The molecule has 0 aromatic heterocycles. The molecular formula is C21H27NO. The highest BCUT2D eigenvalue weighted by Gasteiger charge is 2.27. The van der Waals surface area contributed by atoms with Crippen molar-refractivity contribution in [3.8, 4) is 0 Å². The van der Waals surface area contributed by atoms with Crippen LogP contribution in [0.1, 0.15) is 44.7 Å². The highest BCUT2D eigenvalue weighted by Crippen LogP contribution is 2.24. The molecule has 0 spiro atoms. The number of amides is 1. The van der Waals surface area contributed by atoms with Gasteiger partial charge in [-0.2, -0.15) is 0 Å². The summed E-state index contributed by atoms with van der Waals surface area (Å²) in [5, 5.41) is 3.05. The summed E-state index contributed by atoms with van der Waals surface area (Å²) in [5.41, 5.74) is 2.94. The SMILES string of the molecule is CCCCc1ccc(NC(=O)C(C)(C)Cc2ccccc2)cc1. The largest absolute Gasteiger partial charge is 0.326 e. The Morgan fingerprint density at radius 2 is 1.61 bits per heavy atom. The third-order valence-corrected chi connectivity index (χ3v) is 4.13. The van der Waals surface area contributed by atoms with Crippen molar-refractivity contribution in [1.29, 1.82) is 0 Å². The summed E-state index contributed by atoms with van der Waals surface area (Å²) in [6.07, 6.45) is 4.24. The molecule has 0 saturated heterocycles. The van der Waals surface area contributed by atoms with E-state index in [1.807, 2.05) is 44.2 Å². The normalized spacial score (nSPS) is 11.3. The Hall–Kier alpha value is -2.09. The number of rotatable bonds is 7. The number of carbonyl (C=O) groups is 1. The minimum absolute atomic E-state index is 0.0580. The summed E-state index contributed by atoms with van der Waals surface area (Å²) in [4.78, 5) is 12.6. The van der Waals surface area contributed by atoms with Crippen molar-refractivity contribution < 1.29 is 4.79 Å². The Morgan fingerprint density at radius 1 is 0.957 bits per heavy atom. The fourth-order valence-electron chi connectivity index (χ4n) is 2.62. The van der Waals surface area contributed by atoms with Gasteiger partial charge in [0.2, 0.25) is 5.91 Å². The van der Waals surface area contributed by atoms with Crippen molar-refractivity contribution in [2.75, 3.05) is 5.32 Å². The lowest BCUT2D eigenvalue weighted by molar-refractivity contribution is -0.123. The molecule has 122 valence electrons. The van der Waals surface area contributed by atoms with Crippen molar-refractivity contribution in [3.05, 3.63) is 65.7 Å². The quantitative estimate of drug-likeness (QED) is 0.745. The molecule has 0 fully saturated rings. The Kier molecular flexibility index (Phi) is 5.97. The van der Waals surface area contributed by atoms with Crippen LogP contribution < -0.4 is 5.32 Å². The molecule has 0 unspecified atom stereocenters. The number of unbranched alkanes of at least 4 members (excludes halogenated alkanes) is 1. The highest BCUT2D eigenvalue weighted by molar-refractivity contribution is 5.95. The molecule has 1 N–H and O–H groups in total. The molecule has 0 heterocycles. The third-order valence-electron chi connectivity index (χ3n) is 4.13. The maximum atomic E-state index is 12.6. The number of nitrogens with one attached hydrogen (secondary N) is 1. The molecule has 23 heavy (non-hydrogen) atoms. The van der Waals surface area contributed by atoms with E-state index >= 15 is 0 Å². The van der Waals surface area contributed by atoms with Crippen LogP contribution in [0.3, 0.4) is 0 Å². The number of carbonyl (C=O) groups excluding carboxylic acids is 1. The van der Waals surface area contributed by atoms with Gasteiger partial charge in [0.05, 0.1) is 0 Å². The van der Waals surface area contributed by atoms with E-state index in [0.717, 1.165) is 18.5 Å². The van der Waals surface area contributed by atoms with Crippen LogP contribution in [0, 0.1) is 5.41 Å². The van der Waals surface area contributed by atoms with Crippen molar-refractivity contribution in [3.63, 3.8) is 0 Å². The first-order chi connectivity index (χ1) is 11.0. The molecular weight excluding hydrogens is 282 g/mol. The van der Waals surface area contributed by atoms with E-state index in [4.69, 9.17) is 0 Å². The molecule has 0 bridgehead atoms. The van der Waals surface area contributed by atoms with Crippen LogP contribution in [0.4, 0.5) is 5.69 Å². The van der Waals surface area contributed by atoms with Crippen LogP contribution in [0.2, 0.25) is 0 Å². The van der Waals surface area contributed by atoms with E-state index in [-0.39, 0.29) is 5.91 Å². The maximum absolute atomic E-state index is 12.6. The van der Waals surface area contributed by atoms with Crippen LogP contribution in [0.25, 0.3) is 0 Å². The lowest BCUT2D eigenvalue weighted by atomic mass is 9.84. The second-order valence-corrected chi connectivity index (χ2v) is 6.80. The van der Waals surface area contributed by atoms with Crippen molar-refractivity contribution >= 4 is 11.6 Å². The molecule has 2 nitrogen and oxygen atoms in total. The number of anilines is 1. The van der Waals surface area contributed by atoms with Gasteiger partial charge in [-0.25, -0.2) is 0 Å². The first kappa shape index (κ1) is 17.3. The Balaban J connectivity index is 1.97. The molecule has 0 saturated carbocycles. The zero-order valence-corrected chi connectivity index (χ0v) is 14.4. The monoisotopic (exact) mass is 309 g/mol. The topological polar surface area (TPSA) is 29.1 Å². The average molecular weight is 309 g/mol. The lowest BCUT2D eigenvalue weighted by Gasteiger charge is -2.23. The average Bonchev–Trinajstić information content (AvgIpc) is 2.54. The van der Waals surface area contributed by atoms with Crippen molar-refractivity contribution in [2.24, 2.45) is 5.41 Å². The van der Waals surface area contributed by atoms with Crippen LogP contribution in [-0.2, 0) is 17.6 Å². The van der Waals surface area contributed by atoms with Gasteiger partial charge in [0.15, 0.2) is 0 Å². The first-order valence-corrected chi connectivity index (χ1v) is 8.45. The maximum Gasteiger partial charge on any atom is 0.230 e. The fourth-order valence-corrected chi connectivity index (χ4v) is 2.62. The van der Waals surface area contributed by atoms with Gasteiger partial charge in [-0.1, -0.05) is 69.7 Å². The predicted octanol–water partition coefficient (Wildman–Crippen LogP) is 5.24. The lowest BCUT2D eigenvalue weighted by Crippen LogP contribution is -2.32. The van der Waals surface area contributed by atoms with Crippen LogP contribution in [-0.4, -0.2) is 5.91 Å². The molecule has 2 aromatic rings. The molecule has 0 aliphatic heterocycles. The zero-order chi connectivity index (χ0) is 16.7. The molecule has 2 aromatic carbocycles. The molecule has 0 radical (unpaired) electrons. The number of hydrogen-bond acceptors (Lipinski definition) is 1. The highest BCUT2D eigenvalue weighted by atomic mass is 16.2. The molecule has 2 heteroatoms. The fraction of sp³-hybridized carbons (Fsp3) is 0.381. The summed E-state index contributed by atoms with van der Waals surface area (Å²) in [6, 6.07) is 18.4. The van der Waals surface area contributed by atoms with E-state index in [0.29, 0.717) is 0 Å². The number of aryl methyl sites for hydroxylation is 1. The van der Waals surface area contributed by atoms with Gasteiger partial charge in [0.25, 0.3) is 0 Å². The Bertz CT molecular complexity index is 614. The van der Waals surface area contributed by atoms with Crippen LogP contribution in [0.5, 0.6) is 0 Å². The molecule has 1 amide bonds. The van der Waals surface area contributed by atoms with E-state index in [2.05, 4.69) is 36.5 Å². The summed E-state index contributed by atoms with van der Waals surface area (Å²) >= 11 is 0. The van der Waals surface area contributed by atoms with Crippen molar-refractivity contribution in [2.45, 2.75) is 46.5 Å². The third kappa shape index (κ3) is 5.24. The summed E-state index contributed by atoms with van der Waals surface area (Å²) in [6.45, 7) is 6.18. The Labute approximate surface area is 139 Å². The van der Waals surface area contributed by atoms with Crippen LogP contribution in [0.15, 0.2) is 54.6 Å². The van der Waals surface area contributed by atoms with Gasteiger partial charge < -0.3 is 5.32 Å². The van der Waals surface area contributed by atoms with Gasteiger partial charge in [-0.3, -0.25) is 4.79 Å². The number of hydrogen-bond donors (Lipinski definition) is 1. The molecule has 0 aliphatic carbocycles. The second kappa shape index (κ2) is 7.96. The smallest absolute Gasteiger partial charge is 0.230 e. The summed E-state index contributed by atoms with van der Waals surface area (Å²) in [5.74, 6) is 0.0580. The zero-order valence-electron chi connectivity index (χ0n) is 14.4. The summed E-state index contributed by atoms with van der Waals surface area (Å²) < 4.78 is 0. The minimum Gasteiger partial charge on any atom is -0.326 e. The van der Waals surface area contributed by atoms with E-state index < -0.39 is 5.41 Å². The Morgan fingerprint density at radius 3 is 2.22 bits per heavy atom. The van der Waals surface area contributed by atoms with Crippen molar-refractivity contribution in [1.82, 2.24) is 0 Å². The van der Waals surface area contributed by atoms with Gasteiger partial charge >= 0.3 is 0 Å². The summed E-state index contributed by atoms with van der Waals surface area (Å²) in [7, 11) is 0. The molecule has 0 aliphatic rings. The van der Waals surface area contributed by atoms with E-state index in [1.54, 1.807) is 0 Å². The molecule has 2 rings (SSSR count). The van der Waals surface area contributed by atoms with E-state index in [9.17, 15) is 4.79 Å². The minimum atomic E-state index is -0.442. The molecule has 0 atom stereocenters. The second-order valence-electron chi connectivity index (χ2n) is 6.80.